The molecule has 0 aromatic heterocycles. The first kappa shape index (κ1) is 17.9. The Labute approximate surface area is 158 Å². The van der Waals surface area contributed by atoms with Crippen molar-refractivity contribution >= 4 is 45.5 Å². The Hall–Kier alpha value is -2.93. The molecule has 2 aromatic carbocycles. The molecule has 1 saturated heterocycles. The van der Waals surface area contributed by atoms with Crippen molar-refractivity contribution in [1.82, 2.24) is 5.32 Å². The average Bonchev–Trinajstić information content (AvgIpc) is 2.56. The maximum Gasteiger partial charge on any atom is 0.335 e. The number of urea groups is 1. The molecule has 1 aliphatic heterocycles. The second-order valence-corrected chi connectivity index (χ2v) is 6.81. The Kier molecular flexibility index (Phi) is 4.65. The van der Waals surface area contributed by atoms with Crippen molar-refractivity contribution in [2.75, 3.05) is 4.90 Å². The lowest BCUT2D eigenvalue weighted by molar-refractivity contribution is -0.122. The summed E-state index contributed by atoms with van der Waals surface area (Å²) in [7, 11) is 0. The highest BCUT2D eigenvalue weighted by atomic mass is 79.9. The Balaban J connectivity index is 2.05. The summed E-state index contributed by atoms with van der Waals surface area (Å²) in [6.45, 7) is 3.70. The number of benzene rings is 2. The maximum absolute atomic E-state index is 12.9. The van der Waals surface area contributed by atoms with Gasteiger partial charge in [-0.3, -0.25) is 14.9 Å². The summed E-state index contributed by atoms with van der Waals surface area (Å²) >= 11 is 3.19. The number of halogens is 1. The van der Waals surface area contributed by atoms with Crippen molar-refractivity contribution in [3.63, 3.8) is 0 Å². The minimum atomic E-state index is -0.781. The number of phenols is 1. The van der Waals surface area contributed by atoms with Gasteiger partial charge in [-0.1, -0.05) is 23.8 Å². The minimum absolute atomic E-state index is 0.0404. The molecule has 132 valence electrons. The van der Waals surface area contributed by atoms with Crippen LogP contribution in [-0.4, -0.2) is 23.0 Å². The number of nitrogens with one attached hydrogen (secondary N) is 1. The molecule has 0 spiro atoms. The van der Waals surface area contributed by atoms with Crippen LogP contribution in [0.2, 0.25) is 0 Å². The Morgan fingerprint density at radius 1 is 1.08 bits per heavy atom. The predicted molar refractivity (Wildman–Crippen MR) is 101 cm³/mol. The van der Waals surface area contributed by atoms with E-state index in [4.69, 9.17) is 0 Å². The highest BCUT2D eigenvalue weighted by Crippen LogP contribution is 2.28. The van der Waals surface area contributed by atoms with E-state index in [2.05, 4.69) is 21.2 Å². The second-order valence-electron chi connectivity index (χ2n) is 5.96. The van der Waals surface area contributed by atoms with Crippen LogP contribution in [0.1, 0.15) is 16.7 Å². The third-order valence-electron chi connectivity index (χ3n) is 3.98. The standard InChI is InChI=1S/C19H15BrN2O4/c1-10-3-5-15(11(2)7-10)22-18(25)13(17(24)21-19(22)26)8-12-4-6-16(23)14(20)9-12/h3-9,23H,1-2H3,(H,21,24,26)/b13-8-. The van der Waals surface area contributed by atoms with Gasteiger partial charge in [-0.15, -0.1) is 0 Å². The molecule has 0 radical (unpaired) electrons. The Morgan fingerprint density at radius 2 is 1.81 bits per heavy atom. The lowest BCUT2D eigenvalue weighted by atomic mass is 10.0. The number of anilines is 1. The van der Waals surface area contributed by atoms with Crippen molar-refractivity contribution in [3.8, 4) is 5.75 Å². The zero-order chi connectivity index (χ0) is 19.0. The summed E-state index contributed by atoms with van der Waals surface area (Å²) in [4.78, 5) is 38.2. The van der Waals surface area contributed by atoms with Gasteiger partial charge in [0.05, 0.1) is 10.2 Å². The molecule has 0 bridgehead atoms. The molecule has 2 aromatic rings. The lowest BCUT2D eigenvalue weighted by Crippen LogP contribution is -2.54. The van der Waals surface area contributed by atoms with E-state index < -0.39 is 17.8 Å². The number of amides is 4. The number of carbonyl (C=O) groups excluding carboxylic acids is 3. The molecule has 2 N–H and O–H groups in total. The molecule has 1 heterocycles. The molecule has 0 unspecified atom stereocenters. The first-order chi connectivity index (χ1) is 12.3. The van der Waals surface area contributed by atoms with E-state index in [0.29, 0.717) is 15.7 Å². The van der Waals surface area contributed by atoms with Gasteiger partial charge in [0.1, 0.15) is 11.3 Å². The highest BCUT2D eigenvalue weighted by molar-refractivity contribution is 9.10. The van der Waals surface area contributed by atoms with Crippen molar-refractivity contribution in [2.45, 2.75) is 13.8 Å². The quantitative estimate of drug-likeness (QED) is 0.581. The molecule has 1 aliphatic rings. The number of nitrogens with zero attached hydrogens (tertiary/aromatic N) is 1. The highest BCUT2D eigenvalue weighted by Gasteiger charge is 2.37. The van der Waals surface area contributed by atoms with Gasteiger partial charge < -0.3 is 5.11 Å². The van der Waals surface area contributed by atoms with Crippen LogP contribution >= 0.6 is 15.9 Å². The summed E-state index contributed by atoms with van der Waals surface area (Å²) in [5.74, 6) is -1.42. The largest absolute Gasteiger partial charge is 0.507 e. The van der Waals surface area contributed by atoms with E-state index in [-0.39, 0.29) is 11.3 Å². The lowest BCUT2D eigenvalue weighted by Gasteiger charge is -2.27. The molecular weight excluding hydrogens is 400 g/mol. The molecule has 3 rings (SSSR count). The zero-order valence-electron chi connectivity index (χ0n) is 14.0. The number of aryl methyl sites for hydroxylation is 2. The molecular formula is C19H15BrN2O4. The van der Waals surface area contributed by atoms with Gasteiger partial charge in [0.25, 0.3) is 11.8 Å². The molecule has 26 heavy (non-hydrogen) atoms. The number of phenolic OH excluding ortho intramolecular Hbond substituents is 1. The van der Waals surface area contributed by atoms with Crippen LogP contribution in [0.15, 0.2) is 46.4 Å². The van der Waals surface area contributed by atoms with Gasteiger partial charge in [0.2, 0.25) is 0 Å². The van der Waals surface area contributed by atoms with E-state index in [1.165, 1.54) is 12.1 Å². The van der Waals surface area contributed by atoms with Gasteiger partial charge in [0.15, 0.2) is 0 Å². The average molecular weight is 415 g/mol. The number of hydrogen-bond donors (Lipinski definition) is 2. The van der Waals surface area contributed by atoms with Crippen LogP contribution in [0, 0.1) is 13.8 Å². The van der Waals surface area contributed by atoms with E-state index in [9.17, 15) is 19.5 Å². The summed E-state index contributed by atoms with van der Waals surface area (Å²) in [6, 6.07) is 9.11. The van der Waals surface area contributed by atoms with Gasteiger partial charge in [0, 0.05) is 0 Å². The third-order valence-corrected chi connectivity index (χ3v) is 4.61. The monoisotopic (exact) mass is 414 g/mol. The number of aromatic hydroxyl groups is 1. The topological polar surface area (TPSA) is 86.7 Å². The summed E-state index contributed by atoms with van der Waals surface area (Å²) in [5, 5.41) is 11.8. The Morgan fingerprint density at radius 3 is 2.46 bits per heavy atom. The second kappa shape index (κ2) is 6.76. The van der Waals surface area contributed by atoms with Crippen LogP contribution in [0.25, 0.3) is 6.08 Å². The van der Waals surface area contributed by atoms with Crippen LogP contribution in [0.5, 0.6) is 5.75 Å². The fraction of sp³-hybridized carbons (Fsp3) is 0.105. The van der Waals surface area contributed by atoms with E-state index in [0.717, 1.165) is 16.0 Å². The molecule has 7 heteroatoms. The number of imide groups is 2. The number of barbiturate groups is 1. The molecule has 1 fully saturated rings. The molecule has 4 amide bonds. The van der Waals surface area contributed by atoms with Gasteiger partial charge >= 0.3 is 6.03 Å². The van der Waals surface area contributed by atoms with E-state index in [1.54, 1.807) is 31.2 Å². The zero-order valence-corrected chi connectivity index (χ0v) is 15.6. The maximum atomic E-state index is 12.9. The molecule has 0 aliphatic carbocycles. The normalized spacial score (nSPS) is 16.2. The van der Waals surface area contributed by atoms with Gasteiger partial charge in [-0.05, 0) is 65.2 Å². The number of rotatable bonds is 2. The summed E-state index contributed by atoms with van der Waals surface area (Å²) in [5.41, 5.74) is 2.53. The summed E-state index contributed by atoms with van der Waals surface area (Å²) < 4.78 is 0.429. The number of hydrogen-bond acceptors (Lipinski definition) is 4. The predicted octanol–water partition coefficient (Wildman–Crippen LogP) is 3.44. The van der Waals surface area contributed by atoms with E-state index in [1.807, 2.05) is 13.0 Å². The summed E-state index contributed by atoms with van der Waals surface area (Å²) in [6.07, 6.45) is 1.38. The van der Waals surface area contributed by atoms with E-state index >= 15 is 0 Å². The van der Waals surface area contributed by atoms with Crippen LogP contribution in [0.4, 0.5) is 10.5 Å². The minimum Gasteiger partial charge on any atom is -0.507 e. The van der Waals surface area contributed by atoms with Crippen LogP contribution < -0.4 is 10.2 Å². The van der Waals surface area contributed by atoms with Gasteiger partial charge in [-0.25, -0.2) is 9.69 Å². The van der Waals surface area contributed by atoms with Crippen molar-refractivity contribution in [2.24, 2.45) is 0 Å². The Bertz CT molecular complexity index is 981. The van der Waals surface area contributed by atoms with Crippen molar-refractivity contribution in [3.05, 3.63) is 63.1 Å². The molecule has 0 saturated carbocycles. The third kappa shape index (κ3) is 3.25. The molecule has 6 nitrogen and oxygen atoms in total. The fourth-order valence-corrected chi connectivity index (χ4v) is 3.11. The first-order valence-corrected chi connectivity index (χ1v) is 8.54. The van der Waals surface area contributed by atoms with Crippen LogP contribution in [-0.2, 0) is 9.59 Å². The van der Waals surface area contributed by atoms with Gasteiger partial charge in [-0.2, -0.15) is 0 Å². The molecule has 0 atom stereocenters. The van der Waals surface area contributed by atoms with Crippen LogP contribution in [0.3, 0.4) is 0 Å². The van der Waals surface area contributed by atoms with Crippen molar-refractivity contribution in [1.29, 1.82) is 0 Å². The SMILES string of the molecule is Cc1ccc(N2C(=O)NC(=O)/C(=C/c3ccc(O)c(Br)c3)C2=O)c(C)c1. The number of carbonyl (C=O) groups is 3. The first-order valence-electron chi connectivity index (χ1n) is 7.75. The smallest absolute Gasteiger partial charge is 0.335 e. The van der Waals surface area contributed by atoms with Crippen molar-refractivity contribution < 1.29 is 19.5 Å². The fourth-order valence-electron chi connectivity index (χ4n) is 2.71.